The van der Waals surface area contributed by atoms with Gasteiger partial charge in [0.25, 0.3) is 5.91 Å². The van der Waals surface area contributed by atoms with Crippen LogP contribution in [0.3, 0.4) is 0 Å². The molecular weight excluding hydrogens is 242 g/mol. The summed E-state index contributed by atoms with van der Waals surface area (Å²) in [6.45, 7) is 0.603. The summed E-state index contributed by atoms with van der Waals surface area (Å²) < 4.78 is 0. The lowest BCUT2D eigenvalue weighted by atomic mass is 9.87. The largest absolute Gasteiger partial charge is 0.393 e. The van der Waals surface area contributed by atoms with Gasteiger partial charge in [-0.3, -0.25) is 9.59 Å². The van der Waals surface area contributed by atoms with Crippen LogP contribution in [0.2, 0.25) is 0 Å². The van der Waals surface area contributed by atoms with Crippen LogP contribution in [0.4, 0.5) is 0 Å². The molecule has 1 aliphatic carbocycles. The molecule has 1 aromatic rings. The van der Waals surface area contributed by atoms with E-state index in [0.717, 1.165) is 32.0 Å². The highest BCUT2D eigenvalue weighted by Gasteiger charge is 2.20. The first-order chi connectivity index (χ1) is 9.19. The van der Waals surface area contributed by atoms with Gasteiger partial charge in [-0.25, -0.2) is 0 Å². The van der Waals surface area contributed by atoms with Crippen LogP contribution in [0.25, 0.3) is 0 Å². The van der Waals surface area contributed by atoms with Gasteiger partial charge >= 0.3 is 0 Å². The Labute approximate surface area is 112 Å². The molecule has 2 N–H and O–H groups in total. The van der Waals surface area contributed by atoms with E-state index in [-0.39, 0.29) is 12.0 Å². The number of benzene rings is 1. The van der Waals surface area contributed by atoms with E-state index in [0.29, 0.717) is 23.6 Å². The Morgan fingerprint density at radius 2 is 2.05 bits per heavy atom. The molecule has 0 heterocycles. The van der Waals surface area contributed by atoms with Crippen molar-refractivity contribution in [3.63, 3.8) is 0 Å². The number of rotatable bonds is 4. The summed E-state index contributed by atoms with van der Waals surface area (Å²) >= 11 is 0. The van der Waals surface area contributed by atoms with Crippen molar-refractivity contribution in [3.05, 3.63) is 35.4 Å². The first-order valence-electron chi connectivity index (χ1n) is 6.70. The highest BCUT2D eigenvalue weighted by atomic mass is 16.3. The molecule has 1 aromatic carbocycles. The molecule has 1 fully saturated rings. The van der Waals surface area contributed by atoms with Crippen LogP contribution >= 0.6 is 0 Å². The molecule has 102 valence electrons. The van der Waals surface area contributed by atoms with Crippen LogP contribution in [0.15, 0.2) is 24.3 Å². The molecule has 4 heteroatoms. The maximum atomic E-state index is 11.9. The van der Waals surface area contributed by atoms with Gasteiger partial charge in [0.15, 0.2) is 0 Å². The number of hydrogen-bond donors (Lipinski definition) is 2. The van der Waals surface area contributed by atoms with Gasteiger partial charge in [0.1, 0.15) is 6.29 Å². The Balaban J connectivity index is 1.84. The molecule has 1 aliphatic rings. The van der Waals surface area contributed by atoms with Crippen molar-refractivity contribution in [2.75, 3.05) is 6.54 Å². The SMILES string of the molecule is O=Cc1ccc(C(=O)NCC2CCCC(O)C2)cc1. The van der Waals surface area contributed by atoms with Gasteiger partial charge in [0.05, 0.1) is 6.10 Å². The Kier molecular flexibility index (Phi) is 4.68. The molecule has 2 rings (SSSR count). The highest BCUT2D eigenvalue weighted by Crippen LogP contribution is 2.23. The third kappa shape index (κ3) is 3.89. The fraction of sp³-hybridized carbons (Fsp3) is 0.467. The second kappa shape index (κ2) is 6.48. The Morgan fingerprint density at radius 1 is 1.32 bits per heavy atom. The molecule has 0 radical (unpaired) electrons. The first-order valence-corrected chi connectivity index (χ1v) is 6.70. The van der Waals surface area contributed by atoms with E-state index < -0.39 is 0 Å². The molecule has 0 aromatic heterocycles. The minimum atomic E-state index is -0.220. The second-order valence-electron chi connectivity index (χ2n) is 5.14. The van der Waals surface area contributed by atoms with E-state index in [4.69, 9.17) is 0 Å². The Morgan fingerprint density at radius 3 is 2.68 bits per heavy atom. The van der Waals surface area contributed by atoms with E-state index in [2.05, 4.69) is 5.32 Å². The zero-order chi connectivity index (χ0) is 13.7. The topological polar surface area (TPSA) is 66.4 Å². The van der Waals surface area contributed by atoms with Crippen LogP contribution < -0.4 is 5.32 Å². The number of aliphatic hydroxyl groups is 1. The maximum absolute atomic E-state index is 11.9. The van der Waals surface area contributed by atoms with Crippen LogP contribution in [0, 0.1) is 5.92 Å². The van der Waals surface area contributed by atoms with Crippen LogP contribution in [-0.2, 0) is 0 Å². The molecule has 0 bridgehead atoms. The van der Waals surface area contributed by atoms with E-state index in [1.54, 1.807) is 24.3 Å². The number of amides is 1. The van der Waals surface area contributed by atoms with Crippen molar-refractivity contribution in [1.82, 2.24) is 5.32 Å². The van der Waals surface area contributed by atoms with Gasteiger partial charge in [-0.2, -0.15) is 0 Å². The summed E-state index contributed by atoms with van der Waals surface area (Å²) in [4.78, 5) is 22.4. The molecule has 2 atom stereocenters. The van der Waals surface area contributed by atoms with Crippen molar-refractivity contribution in [1.29, 1.82) is 0 Å². The molecule has 0 spiro atoms. The van der Waals surface area contributed by atoms with E-state index in [9.17, 15) is 14.7 Å². The van der Waals surface area contributed by atoms with E-state index in [1.165, 1.54) is 0 Å². The number of aliphatic hydroxyl groups excluding tert-OH is 1. The van der Waals surface area contributed by atoms with Crippen molar-refractivity contribution in [2.45, 2.75) is 31.8 Å². The lowest BCUT2D eigenvalue weighted by Gasteiger charge is -2.25. The number of carbonyl (C=O) groups excluding carboxylic acids is 2. The monoisotopic (exact) mass is 261 g/mol. The van der Waals surface area contributed by atoms with Crippen molar-refractivity contribution >= 4 is 12.2 Å². The van der Waals surface area contributed by atoms with Crippen LogP contribution in [-0.4, -0.2) is 29.9 Å². The fourth-order valence-corrected chi connectivity index (χ4v) is 2.50. The molecule has 19 heavy (non-hydrogen) atoms. The van der Waals surface area contributed by atoms with Crippen LogP contribution in [0.5, 0.6) is 0 Å². The molecule has 1 amide bonds. The van der Waals surface area contributed by atoms with Gasteiger partial charge in [0.2, 0.25) is 0 Å². The smallest absolute Gasteiger partial charge is 0.251 e. The number of carbonyl (C=O) groups is 2. The summed E-state index contributed by atoms with van der Waals surface area (Å²) in [5, 5.41) is 12.5. The van der Waals surface area contributed by atoms with Crippen LogP contribution in [0.1, 0.15) is 46.4 Å². The Hall–Kier alpha value is -1.68. The molecule has 0 saturated heterocycles. The van der Waals surface area contributed by atoms with Crippen molar-refractivity contribution in [2.24, 2.45) is 5.92 Å². The summed E-state index contributed by atoms with van der Waals surface area (Å²) in [7, 11) is 0. The molecular formula is C15H19NO3. The Bertz CT molecular complexity index is 441. The van der Waals surface area contributed by atoms with Gasteiger partial charge in [0, 0.05) is 17.7 Å². The number of nitrogens with one attached hydrogen (secondary N) is 1. The quantitative estimate of drug-likeness (QED) is 0.812. The normalized spacial score (nSPS) is 22.8. The molecule has 2 unspecified atom stereocenters. The van der Waals surface area contributed by atoms with E-state index >= 15 is 0 Å². The van der Waals surface area contributed by atoms with Gasteiger partial charge in [-0.1, -0.05) is 18.6 Å². The lowest BCUT2D eigenvalue weighted by Crippen LogP contribution is -2.32. The fourth-order valence-electron chi connectivity index (χ4n) is 2.50. The lowest BCUT2D eigenvalue weighted by molar-refractivity contribution is 0.0873. The average molecular weight is 261 g/mol. The minimum Gasteiger partial charge on any atom is -0.393 e. The zero-order valence-corrected chi connectivity index (χ0v) is 10.8. The maximum Gasteiger partial charge on any atom is 0.251 e. The summed E-state index contributed by atoms with van der Waals surface area (Å²) in [5.41, 5.74) is 1.12. The predicted molar refractivity (Wildman–Crippen MR) is 72.1 cm³/mol. The standard InChI is InChI=1S/C15H19NO3/c17-10-11-4-6-13(7-5-11)15(19)16-9-12-2-1-3-14(18)8-12/h4-7,10,12,14,18H,1-3,8-9H2,(H,16,19). The second-order valence-corrected chi connectivity index (χ2v) is 5.14. The summed E-state index contributed by atoms with van der Waals surface area (Å²) in [6.07, 6.45) is 4.26. The third-order valence-electron chi connectivity index (χ3n) is 3.62. The predicted octanol–water partition coefficient (Wildman–Crippen LogP) is 1.78. The third-order valence-corrected chi connectivity index (χ3v) is 3.62. The summed E-state index contributed by atoms with van der Waals surface area (Å²) in [5.74, 6) is 0.236. The zero-order valence-electron chi connectivity index (χ0n) is 10.8. The van der Waals surface area contributed by atoms with E-state index in [1.807, 2.05) is 0 Å². The van der Waals surface area contributed by atoms with Crippen molar-refractivity contribution < 1.29 is 14.7 Å². The molecule has 4 nitrogen and oxygen atoms in total. The number of aldehydes is 1. The van der Waals surface area contributed by atoms with Gasteiger partial charge < -0.3 is 10.4 Å². The minimum absolute atomic E-state index is 0.127. The van der Waals surface area contributed by atoms with Gasteiger partial charge in [-0.05, 0) is 37.3 Å². The highest BCUT2D eigenvalue weighted by molar-refractivity contribution is 5.94. The van der Waals surface area contributed by atoms with Gasteiger partial charge in [-0.15, -0.1) is 0 Å². The molecule has 0 aliphatic heterocycles. The average Bonchev–Trinajstić information content (AvgIpc) is 2.45. The molecule has 1 saturated carbocycles. The summed E-state index contributed by atoms with van der Waals surface area (Å²) in [6, 6.07) is 6.56. The van der Waals surface area contributed by atoms with Crippen molar-refractivity contribution in [3.8, 4) is 0 Å². The number of hydrogen-bond acceptors (Lipinski definition) is 3. The first kappa shape index (κ1) is 13.7.